The molecule has 0 bridgehead atoms. The molecule has 1 aliphatic carbocycles. The van der Waals surface area contributed by atoms with Crippen molar-refractivity contribution in [2.24, 2.45) is 11.8 Å². The maximum Gasteiger partial charge on any atom is 0.185 e. The van der Waals surface area contributed by atoms with Gasteiger partial charge < -0.3 is 14.9 Å². The van der Waals surface area contributed by atoms with Crippen molar-refractivity contribution in [1.82, 2.24) is 0 Å². The van der Waals surface area contributed by atoms with Crippen molar-refractivity contribution in [3.63, 3.8) is 0 Å². The molecule has 1 aliphatic heterocycles. The van der Waals surface area contributed by atoms with Crippen LogP contribution in [0.5, 0.6) is 11.5 Å². The standard InChI is InChI=1S/C17H24O4.C17H24O3/c1-9(2)16(20)17(6,21)8-7-13-12(5)14(18)10(3)11(4)15(13)19;1-9(2)16(19)17(6)8-7-13-12(5)14(18)10(3)11(4)15(13)20-17/h9,21H,7-8H2,1-6H3;9,18H,7-8H2,1-6H3. The van der Waals surface area contributed by atoms with Gasteiger partial charge in [0.1, 0.15) is 17.1 Å². The van der Waals surface area contributed by atoms with Crippen LogP contribution >= 0.6 is 0 Å². The maximum atomic E-state index is 12.4. The smallest absolute Gasteiger partial charge is 0.185 e. The van der Waals surface area contributed by atoms with E-state index >= 15 is 0 Å². The van der Waals surface area contributed by atoms with E-state index in [1.807, 2.05) is 41.5 Å². The lowest BCUT2D eigenvalue weighted by Gasteiger charge is -2.37. The molecule has 0 saturated heterocycles. The van der Waals surface area contributed by atoms with Crippen molar-refractivity contribution in [1.29, 1.82) is 0 Å². The Hall–Kier alpha value is -3.06. The molecule has 0 amide bonds. The second-order valence-corrected chi connectivity index (χ2v) is 12.7. The molecular formula is C34H48O7. The maximum absolute atomic E-state index is 12.4. The summed E-state index contributed by atoms with van der Waals surface area (Å²) in [5.41, 5.74) is 3.24. The Morgan fingerprint density at radius 3 is 1.93 bits per heavy atom. The number of fused-ring (bicyclic) bond motifs is 1. The number of phenols is 1. The summed E-state index contributed by atoms with van der Waals surface area (Å²) in [5.74, 6) is 0.437. The Bertz CT molecular complexity index is 1340. The van der Waals surface area contributed by atoms with Crippen LogP contribution in [0.2, 0.25) is 0 Å². The first-order valence-electron chi connectivity index (χ1n) is 14.5. The van der Waals surface area contributed by atoms with Gasteiger partial charge in [0.25, 0.3) is 0 Å². The van der Waals surface area contributed by atoms with E-state index in [1.165, 1.54) is 6.92 Å². The molecule has 0 saturated carbocycles. The number of aromatic hydroxyl groups is 1. The molecule has 41 heavy (non-hydrogen) atoms. The number of rotatable bonds is 7. The lowest BCUT2D eigenvalue weighted by atomic mass is 9.81. The fraction of sp³-hybridized carbons (Fsp3) is 0.588. The van der Waals surface area contributed by atoms with Gasteiger partial charge in [-0.2, -0.15) is 0 Å². The Morgan fingerprint density at radius 2 is 1.41 bits per heavy atom. The van der Waals surface area contributed by atoms with E-state index in [4.69, 9.17) is 4.74 Å². The average molecular weight is 569 g/mol. The molecule has 2 unspecified atom stereocenters. The number of aliphatic hydroxyl groups is 1. The number of Topliss-reactive ketones (excluding diaryl/α,β-unsaturated/α-hetero) is 4. The predicted octanol–water partition coefficient (Wildman–Crippen LogP) is 6.17. The lowest BCUT2D eigenvalue weighted by Crippen LogP contribution is -2.46. The summed E-state index contributed by atoms with van der Waals surface area (Å²) in [7, 11) is 0. The molecule has 1 aromatic rings. The number of carbonyl (C=O) groups is 4. The summed E-state index contributed by atoms with van der Waals surface area (Å²) >= 11 is 0. The summed E-state index contributed by atoms with van der Waals surface area (Å²) < 4.78 is 6.13. The summed E-state index contributed by atoms with van der Waals surface area (Å²) in [6.45, 7) is 21.3. The molecule has 0 aromatic heterocycles. The molecule has 7 nitrogen and oxygen atoms in total. The zero-order chi connectivity index (χ0) is 31.8. The molecule has 226 valence electrons. The number of hydrogen-bond acceptors (Lipinski definition) is 7. The van der Waals surface area contributed by atoms with E-state index < -0.39 is 11.2 Å². The highest BCUT2D eigenvalue weighted by atomic mass is 16.5. The lowest BCUT2D eigenvalue weighted by molar-refractivity contribution is -0.139. The van der Waals surface area contributed by atoms with E-state index in [0.717, 1.165) is 34.4 Å². The molecular weight excluding hydrogens is 520 g/mol. The van der Waals surface area contributed by atoms with Gasteiger partial charge in [0.05, 0.1) is 0 Å². The zero-order valence-corrected chi connectivity index (χ0v) is 26.9. The summed E-state index contributed by atoms with van der Waals surface area (Å²) in [5, 5.41) is 20.4. The normalized spacial score (nSPS) is 20.5. The van der Waals surface area contributed by atoms with Crippen molar-refractivity contribution in [3.8, 4) is 11.5 Å². The Balaban J connectivity index is 0.000000287. The van der Waals surface area contributed by atoms with Gasteiger partial charge in [0.2, 0.25) is 0 Å². The molecule has 2 N–H and O–H groups in total. The van der Waals surface area contributed by atoms with Gasteiger partial charge in [0, 0.05) is 39.7 Å². The van der Waals surface area contributed by atoms with Crippen LogP contribution in [0.3, 0.4) is 0 Å². The summed E-state index contributed by atoms with van der Waals surface area (Å²) in [4.78, 5) is 48.7. The first kappa shape index (κ1) is 34.1. The molecule has 0 fully saturated rings. The summed E-state index contributed by atoms with van der Waals surface area (Å²) in [6.07, 6.45) is 1.80. The van der Waals surface area contributed by atoms with Crippen LogP contribution in [-0.2, 0) is 25.6 Å². The van der Waals surface area contributed by atoms with Crippen LogP contribution < -0.4 is 4.74 Å². The molecule has 1 aromatic carbocycles. The second kappa shape index (κ2) is 12.4. The van der Waals surface area contributed by atoms with E-state index in [0.29, 0.717) is 34.5 Å². The molecule has 1 heterocycles. The van der Waals surface area contributed by atoms with E-state index in [9.17, 15) is 29.4 Å². The molecule has 7 heteroatoms. The van der Waals surface area contributed by atoms with Crippen LogP contribution in [0.25, 0.3) is 0 Å². The predicted molar refractivity (Wildman–Crippen MR) is 160 cm³/mol. The third-order valence-electron chi connectivity index (χ3n) is 8.79. The second-order valence-electron chi connectivity index (χ2n) is 12.7. The van der Waals surface area contributed by atoms with Crippen molar-refractivity contribution in [2.75, 3.05) is 0 Å². The number of hydrogen-bond donors (Lipinski definition) is 2. The number of carbonyl (C=O) groups excluding carboxylic acids is 4. The van der Waals surface area contributed by atoms with Gasteiger partial charge in [-0.15, -0.1) is 0 Å². The fourth-order valence-corrected chi connectivity index (χ4v) is 5.60. The van der Waals surface area contributed by atoms with Crippen LogP contribution in [0.4, 0.5) is 0 Å². The van der Waals surface area contributed by atoms with Gasteiger partial charge in [-0.1, -0.05) is 27.7 Å². The van der Waals surface area contributed by atoms with Crippen molar-refractivity contribution in [2.45, 2.75) is 120 Å². The minimum Gasteiger partial charge on any atom is -0.507 e. The Labute approximate surface area is 245 Å². The molecule has 0 radical (unpaired) electrons. The van der Waals surface area contributed by atoms with Crippen molar-refractivity contribution < 1.29 is 34.1 Å². The van der Waals surface area contributed by atoms with Gasteiger partial charge in [-0.25, -0.2) is 0 Å². The first-order chi connectivity index (χ1) is 18.7. The highest BCUT2D eigenvalue weighted by Gasteiger charge is 2.41. The number of benzene rings is 1. The molecule has 3 rings (SSSR count). The van der Waals surface area contributed by atoms with Gasteiger partial charge in [-0.3, -0.25) is 19.2 Å². The number of ketones is 4. The average Bonchev–Trinajstić information content (AvgIpc) is 2.91. The third kappa shape index (κ3) is 6.72. The Morgan fingerprint density at radius 1 is 0.878 bits per heavy atom. The van der Waals surface area contributed by atoms with E-state index in [-0.39, 0.29) is 47.8 Å². The monoisotopic (exact) mass is 568 g/mol. The number of ether oxygens (including phenoxy) is 1. The van der Waals surface area contributed by atoms with Crippen molar-refractivity contribution >= 4 is 23.1 Å². The molecule has 0 spiro atoms. The van der Waals surface area contributed by atoms with Crippen LogP contribution in [-0.4, -0.2) is 44.5 Å². The highest BCUT2D eigenvalue weighted by molar-refractivity contribution is 6.24. The largest absolute Gasteiger partial charge is 0.507 e. The molecule has 2 atom stereocenters. The minimum atomic E-state index is -1.48. The van der Waals surface area contributed by atoms with Crippen LogP contribution in [0, 0.1) is 32.6 Å². The van der Waals surface area contributed by atoms with Crippen LogP contribution in [0.1, 0.15) is 104 Å². The fourth-order valence-electron chi connectivity index (χ4n) is 5.60. The van der Waals surface area contributed by atoms with Gasteiger partial charge >= 0.3 is 0 Å². The quantitative estimate of drug-likeness (QED) is 0.378. The minimum absolute atomic E-state index is 0.0406. The topological polar surface area (TPSA) is 118 Å². The third-order valence-corrected chi connectivity index (χ3v) is 8.79. The molecule has 2 aliphatic rings. The van der Waals surface area contributed by atoms with Gasteiger partial charge in [0.15, 0.2) is 28.7 Å². The first-order valence-corrected chi connectivity index (χ1v) is 14.5. The number of phenolic OH excluding ortho intramolecular Hbond substituents is 1. The summed E-state index contributed by atoms with van der Waals surface area (Å²) in [6, 6.07) is 0. The number of allylic oxidation sites excluding steroid dienone is 4. The zero-order valence-electron chi connectivity index (χ0n) is 26.9. The van der Waals surface area contributed by atoms with Crippen molar-refractivity contribution in [3.05, 3.63) is 44.5 Å². The van der Waals surface area contributed by atoms with Gasteiger partial charge in [-0.05, 0) is 97.8 Å². The Kier molecular flexibility index (Phi) is 10.4. The van der Waals surface area contributed by atoms with Crippen LogP contribution in [0.15, 0.2) is 22.3 Å². The highest BCUT2D eigenvalue weighted by Crippen LogP contribution is 2.44. The van der Waals surface area contributed by atoms with E-state index in [1.54, 1.807) is 34.6 Å². The van der Waals surface area contributed by atoms with E-state index in [2.05, 4.69) is 0 Å². The SMILES string of the molecule is CC1=C(C)C(=O)C(CCC(C)(O)C(=O)C(C)C)=C(C)C1=O.Cc1c(C)c2c(c(C)c1O)CCC(C)(C(=O)C(C)C)O2.